The van der Waals surface area contributed by atoms with E-state index in [-0.39, 0.29) is 10.8 Å². The Morgan fingerprint density at radius 1 is 1.22 bits per heavy atom. The number of rotatable bonds is 5. The van der Waals surface area contributed by atoms with Crippen LogP contribution < -0.4 is 4.72 Å². The number of hydrogen-bond acceptors (Lipinski definition) is 5. The van der Waals surface area contributed by atoms with Gasteiger partial charge in [-0.3, -0.25) is 0 Å². The van der Waals surface area contributed by atoms with Crippen molar-refractivity contribution in [2.24, 2.45) is 0 Å². The Bertz CT molecular complexity index is 930. The summed E-state index contributed by atoms with van der Waals surface area (Å²) in [6.07, 6.45) is 0.400. The SMILES string of the molecule is Cc1ncc(S(=O)(=O)NCC(O)c2cccc3ccccc23)s1. The lowest BCUT2D eigenvalue weighted by Gasteiger charge is -2.14. The topological polar surface area (TPSA) is 79.3 Å². The van der Waals surface area contributed by atoms with Crippen molar-refractivity contribution in [2.45, 2.75) is 17.2 Å². The van der Waals surface area contributed by atoms with Crippen LogP contribution in [0.25, 0.3) is 10.8 Å². The third-order valence-corrected chi connectivity index (χ3v) is 6.31. The van der Waals surface area contributed by atoms with E-state index in [1.165, 1.54) is 6.20 Å². The smallest absolute Gasteiger partial charge is 0.251 e. The molecule has 3 aromatic rings. The van der Waals surface area contributed by atoms with Crippen molar-refractivity contribution in [3.8, 4) is 0 Å². The van der Waals surface area contributed by atoms with Gasteiger partial charge in [0.2, 0.25) is 0 Å². The lowest BCUT2D eigenvalue weighted by atomic mass is 10.0. The molecule has 1 unspecified atom stereocenters. The molecule has 0 aliphatic carbocycles. The minimum Gasteiger partial charge on any atom is -0.387 e. The standard InChI is InChI=1S/C16H16N2O3S2/c1-11-17-10-16(22-11)23(20,21)18-9-15(19)14-8-4-6-12-5-2-3-7-13(12)14/h2-8,10,15,18-19H,9H2,1H3. The van der Waals surface area contributed by atoms with E-state index in [9.17, 15) is 13.5 Å². The van der Waals surface area contributed by atoms with Gasteiger partial charge in [0, 0.05) is 6.54 Å². The van der Waals surface area contributed by atoms with Crippen LogP contribution in [0.3, 0.4) is 0 Å². The fourth-order valence-electron chi connectivity index (χ4n) is 2.38. The molecule has 1 atom stereocenters. The second-order valence-electron chi connectivity index (χ2n) is 5.13. The summed E-state index contributed by atoms with van der Waals surface area (Å²) in [6, 6.07) is 13.3. The highest BCUT2D eigenvalue weighted by Crippen LogP contribution is 2.24. The zero-order valence-corrected chi connectivity index (χ0v) is 14.1. The third kappa shape index (κ3) is 3.42. The van der Waals surface area contributed by atoms with E-state index in [1.807, 2.05) is 36.4 Å². The van der Waals surface area contributed by atoms with E-state index < -0.39 is 16.1 Å². The molecule has 0 saturated heterocycles. The Kier molecular flexibility index (Phi) is 4.45. The molecule has 0 aliphatic heterocycles. The van der Waals surface area contributed by atoms with Gasteiger partial charge in [-0.2, -0.15) is 0 Å². The molecule has 0 aliphatic rings. The maximum Gasteiger partial charge on any atom is 0.251 e. The third-order valence-electron chi connectivity index (χ3n) is 3.51. The summed E-state index contributed by atoms with van der Waals surface area (Å²) in [6.45, 7) is 1.65. The molecule has 0 radical (unpaired) electrons. The lowest BCUT2D eigenvalue weighted by molar-refractivity contribution is 0.183. The number of aliphatic hydroxyl groups is 1. The van der Waals surface area contributed by atoms with Gasteiger partial charge >= 0.3 is 0 Å². The first-order valence-electron chi connectivity index (χ1n) is 7.05. The Balaban J connectivity index is 1.80. The second-order valence-corrected chi connectivity index (χ2v) is 8.36. The Morgan fingerprint density at radius 2 is 1.96 bits per heavy atom. The van der Waals surface area contributed by atoms with Crippen molar-refractivity contribution < 1.29 is 13.5 Å². The number of aliphatic hydroxyl groups excluding tert-OH is 1. The molecule has 2 N–H and O–H groups in total. The molecule has 7 heteroatoms. The molecule has 1 heterocycles. The van der Waals surface area contributed by atoms with Crippen LogP contribution in [0.15, 0.2) is 52.9 Å². The van der Waals surface area contributed by atoms with Crippen LogP contribution in [-0.4, -0.2) is 25.1 Å². The summed E-state index contributed by atoms with van der Waals surface area (Å²) in [7, 11) is -3.65. The average Bonchev–Trinajstić information content (AvgIpc) is 2.99. The fraction of sp³-hybridized carbons (Fsp3) is 0.188. The van der Waals surface area contributed by atoms with Crippen molar-refractivity contribution in [1.82, 2.24) is 9.71 Å². The van der Waals surface area contributed by atoms with E-state index in [0.717, 1.165) is 22.1 Å². The minimum absolute atomic E-state index is 0.0900. The number of benzene rings is 2. The van der Waals surface area contributed by atoms with E-state index in [2.05, 4.69) is 9.71 Å². The monoisotopic (exact) mass is 348 g/mol. The van der Waals surface area contributed by atoms with Crippen molar-refractivity contribution in [2.75, 3.05) is 6.54 Å². The molecule has 0 bridgehead atoms. The molecule has 0 amide bonds. The van der Waals surface area contributed by atoms with E-state index in [0.29, 0.717) is 10.6 Å². The number of aromatic nitrogens is 1. The summed E-state index contributed by atoms with van der Waals surface area (Å²) in [5.74, 6) is 0. The van der Waals surface area contributed by atoms with Gasteiger partial charge in [-0.05, 0) is 23.3 Å². The number of fused-ring (bicyclic) bond motifs is 1. The first kappa shape index (κ1) is 16.1. The summed E-state index contributed by atoms with van der Waals surface area (Å²) in [4.78, 5) is 3.95. The number of sulfonamides is 1. The lowest BCUT2D eigenvalue weighted by Crippen LogP contribution is -2.28. The highest BCUT2D eigenvalue weighted by molar-refractivity contribution is 7.91. The van der Waals surface area contributed by atoms with Crippen LogP contribution in [-0.2, 0) is 10.0 Å². The van der Waals surface area contributed by atoms with E-state index in [4.69, 9.17) is 0 Å². The number of aryl methyl sites for hydroxylation is 1. The predicted octanol–water partition coefficient (Wildman–Crippen LogP) is 2.62. The molecule has 0 spiro atoms. The molecule has 0 fully saturated rings. The predicted molar refractivity (Wildman–Crippen MR) is 90.9 cm³/mol. The first-order chi connectivity index (χ1) is 11.0. The highest BCUT2D eigenvalue weighted by Gasteiger charge is 2.19. The van der Waals surface area contributed by atoms with Gasteiger partial charge in [-0.15, -0.1) is 11.3 Å². The van der Waals surface area contributed by atoms with Gasteiger partial charge < -0.3 is 5.11 Å². The maximum atomic E-state index is 12.2. The zero-order chi connectivity index (χ0) is 16.4. The quantitative estimate of drug-likeness (QED) is 0.743. The number of thiazole rings is 1. The molecular weight excluding hydrogens is 332 g/mol. The Hall–Kier alpha value is -1.80. The van der Waals surface area contributed by atoms with Crippen LogP contribution in [0, 0.1) is 6.92 Å². The van der Waals surface area contributed by atoms with Crippen LogP contribution in [0.1, 0.15) is 16.7 Å². The first-order valence-corrected chi connectivity index (χ1v) is 9.35. The molecule has 1 aromatic heterocycles. The van der Waals surface area contributed by atoms with Gasteiger partial charge in [-0.25, -0.2) is 18.1 Å². The van der Waals surface area contributed by atoms with E-state index in [1.54, 1.807) is 13.0 Å². The van der Waals surface area contributed by atoms with E-state index >= 15 is 0 Å². The highest BCUT2D eigenvalue weighted by atomic mass is 32.2. The van der Waals surface area contributed by atoms with Crippen molar-refractivity contribution in [3.05, 3.63) is 59.2 Å². The largest absolute Gasteiger partial charge is 0.387 e. The molecule has 3 rings (SSSR count). The Labute approximate surface area is 138 Å². The van der Waals surface area contributed by atoms with Gasteiger partial charge in [0.05, 0.1) is 17.3 Å². The maximum absolute atomic E-state index is 12.2. The number of nitrogens with zero attached hydrogens (tertiary/aromatic N) is 1. The molecular formula is C16H16N2O3S2. The van der Waals surface area contributed by atoms with Crippen molar-refractivity contribution in [3.63, 3.8) is 0 Å². The summed E-state index contributed by atoms with van der Waals surface area (Å²) >= 11 is 1.10. The molecule has 120 valence electrons. The van der Waals surface area contributed by atoms with Gasteiger partial charge in [0.25, 0.3) is 10.0 Å². The molecule has 0 saturated carbocycles. The van der Waals surface area contributed by atoms with Crippen LogP contribution >= 0.6 is 11.3 Å². The zero-order valence-electron chi connectivity index (χ0n) is 12.4. The fourth-order valence-corrected chi connectivity index (χ4v) is 4.57. The summed E-state index contributed by atoms with van der Waals surface area (Å²) in [5, 5.41) is 13.0. The van der Waals surface area contributed by atoms with Crippen molar-refractivity contribution >= 4 is 32.1 Å². The normalized spacial score (nSPS) is 13.3. The molecule has 2 aromatic carbocycles. The van der Waals surface area contributed by atoms with Gasteiger partial charge in [-0.1, -0.05) is 42.5 Å². The van der Waals surface area contributed by atoms with Crippen LogP contribution in [0.5, 0.6) is 0 Å². The molecule has 5 nitrogen and oxygen atoms in total. The number of hydrogen-bond donors (Lipinski definition) is 2. The van der Waals surface area contributed by atoms with Crippen LogP contribution in [0.4, 0.5) is 0 Å². The Morgan fingerprint density at radius 3 is 2.70 bits per heavy atom. The number of nitrogens with one attached hydrogen (secondary N) is 1. The van der Waals surface area contributed by atoms with Crippen molar-refractivity contribution in [1.29, 1.82) is 0 Å². The average molecular weight is 348 g/mol. The van der Waals surface area contributed by atoms with Gasteiger partial charge in [0.15, 0.2) is 4.21 Å². The van der Waals surface area contributed by atoms with Crippen LogP contribution in [0.2, 0.25) is 0 Å². The second kappa shape index (κ2) is 6.37. The summed E-state index contributed by atoms with van der Waals surface area (Å²) < 4.78 is 27.0. The molecule has 23 heavy (non-hydrogen) atoms. The minimum atomic E-state index is -3.65. The summed E-state index contributed by atoms with van der Waals surface area (Å²) in [5.41, 5.74) is 0.700. The van der Waals surface area contributed by atoms with Gasteiger partial charge in [0.1, 0.15) is 0 Å².